The van der Waals surface area contributed by atoms with Crippen molar-refractivity contribution in [3.8, 4) is 11.5 Å². The maximum absolute atomic E-state index is 12.9. The van der Waals surface area contributed by atoms with Crippen LogP contribution < -0.4 is 14.8 Å². The lowest BCUT2D eigenvalue weighted by Crippen LogP contribution is -2.52. The highest BCUT2D eigenvalue weighted by atomic mass is 16.5. The van der Waals surface area contributed by atoms with Crippen LogP contribution in [0.2, 0.25) is 0 Å². The third-order valence-corrected chi connectivity index (χ3v) is 5.16. The molecule has 1 aliphatic rings. The van der Waals surface area contributed by atoms with E-state index in [4.69, 9.17) is 9.47 Å². The number of rotatable bonds is 7. The summed E-state index contributed by atoms with van der Waals surface area (Å²) in [5.74, 6) is 0.600. The number of hydrogen-bond acceptors (Lipinski definition) is 5. The molecule has 0 atom stereocenters. The highest BCUT2D eigenvalue weighted by Crippen LogP contribution is 2.23. The standard InChI is InChI=1S/C23H27N3O5/c1-30-19-13-18(14-20(15-19)31-2)23(29)26-10-8-25(9-11-26)22(28)16-24-21(27)12-17-6-4-3-5-7-17/h3-7,13-15H,8-12,16H2,1-2H3,(H,24,27). The van der Waals surface area contributed by atoms with Crippen molar-refractivity contribution in [1.29, 1.82) is 0 Å². The second-order valence-corrected chi connectivity index (χ2v) is 7.21. The molecule has 1 saturated heterocycles. The summed E-state index contributed by atoms with van der Waals surface area (Å²) >= 11 is 0. The molecule has 1 heterocycles. The fraction of sp³-hybridized carbons (Fsp3) is 0.348. The van der Waals surface area contributed by atoms with Crippen LogP contribution in [0.15, 0.2) is 48.5 Å². The molecule has 2 aromatic carbocycles. The number of carbonyl (C=O) groups is 3. The first-order valence-electron chi connectivity index (χ1n) is 10.1. The van der Waals surface area contributed by atoms with Gasteiger partial charge in [-0.05, 0) is 17.7 Å². The Morgan fingerprint density at radius 1 is 0.871 bits per heavy atom. The zero-order chi connectivity index (χ0) is 22.2. The third kappa shape index (κ3) is 5.97. The predicted octanol–water partition coefficient (Wildman–Crippen LogP) is 1.35. The Morgan fingerprint density at radius 2 is 1.45 bits per heavy atom. The molecule has 8 heteroatoms. The van der Waals surface area contributed by atoms with E-state index in [1.165, 1.54) is 14.2 Å². The summed E-state index contributed by atoms with van der Waals surface area (Å²) in [4.78, 5) is 40.7. The van der Waals surface area contributed by atoms with Gasteiger partial charge in [0.1, 0.15) is 11.5 Å². The van der Waals surface area contributed by atoms with Crippen molar-refractivity contribution in [1.82, 2.24) is 15.1 Å². The van der Waals surface area contributed by atoms with Crippen LogP contribution in [0.1, 0.15) is 15.9 Å². The van der Waals surface area contributed by atoms with Gasteiger partial charge in [-0.25, -0.2) is 0 Å². The van der Waals surface area contributed by atoms with Crippen LogP contribution in [0, 0.1) is 0 Å². The summed E-state index contributed by atoms with van der Waals surface area (Å²) in [6.07, 6.45) is 0.237. The molecule has 3 amide bonds. The summed E-state index contributed by atoms with van der Waals surface area (Å²) < 4.78 is 10.5. The quantitative estimate of drug-likeness (QED) is 0.724. The lowest BCUT2D eigenvalue weighted by Gasteiger charge is -2.35. The first-order chi connectivity index (χ1) is 15.0. The summed E-state index contributed by atoms with van der Waals surface area (Å²) in [5, 5.41) is 2.67. The van der Waals surface area contributed by atoms with E-state index in [2.05, 4.69) is 5.32 Å². The number of benzene rings is 2. The maximum Gasteiger partial charge on any atom is 0.254 e. The van der Waals surface area contributed by atoms with Crippen molar-refractivity contribution in [2.24, 2.45) is 0 Å². The Bertz CT molecular complexity index is 902. The first-order valence-corrected chi connectivity index (χ1v) is 10.1. The summed E-state index contributed by atoms with van der Waals surface area (Å²) in [5.41, 5.74) is 1.37. The average Bonchev–Trinajstić information content (AvgIpc) is 2.82. The van der Waals surface area contributed by atoms with E-state index in [1.54, 1.807) is 28.0 Å². The zero-order valence-electron chi connectivity index (χ0n) is 17.8. The van der Waals surface area contributed by atoms with E-state index in [9.17, 15) is 14.4 Å². The van der Waals surface area contributed by atoms with Crippen LogP contribution in [0.5, 0.6) is 11.5 Å². The average molecular weight is 425 g/mol. The molecule has 0 bridgehead atoms. The van der Waals surface area contributed by atoms with Gasteiger partial charge in [-0.2, -0.15) is 0 Å². The number of ether oxygens (including phenoxy) is 2. The first kappa shape index (κ1) is 22.1. The van der Waals surface area contributed by atoms with Gasteiger partial charge >= 0.3 is 0 Å². The molecular weight excluding hydrogens is 398 g/mol. The van der Waals surface area contributed by atoms with Gasteiger partial charge in [-0.15, -0.1) is 0 Å². The van der Waals surface area contributed by atoms with E-state index in [0.717, 1.165) is 5.56 Å². The topological polar surface area (TPSA) is 88.2 Å². The minimum absolute atomic E-state index is 0.0489. The summed E-state index contributed by atoms with van der Waals surface area (Å²) in [7, 11) is 3.07. The minimum atomic E-state index is -0.194. The fourth-order valence-corrected chi connectivity index (χ4v) is 3.40. The van der Waals surface area contributed by atoms with Gasteiger partial charge in [0.05, 0.1) is 27.2 Å². The molecule has 0 unspecified atom stereocenters. The van der Waals surface area contributed by atoms with E-state index < -0.39 is 0 Å². The zero-order valence-corrected chi connectivity index (χ0v) is 17.8. The number of piperazine rings is 1. The van der Waals surface area contributed by atoms with Crippen molar-refractivity contribution in [3.63, 3.8) is 0 Å². The Kier molecular flexibility index (Phi) is 7.48. The van der Waals surface area contributed by atoms with Crippen LogP contribution in [-0.4, -0.2) is 74.5 Å². The van der Waals surface area contributed by atoms with E-state index >= 15 is 0 Å². The molecule has 1 aliphatic heterocycles. The highest BCUT2D eigenvalue weighted by molar-refractivity contribution is 5.95. The second kappa shape index (κ2) is 10.5. The van der Waals surface area contributed by atoms with Gasteiger partial charge in [-0.1, -0.05) is 30.3 Å². The highest BCUT2D eigenvalue weighted by Gasteiger charge is 2.25. The second-order valence-electron chi connectivity index (χ2n) is 7.21. The molecule has 8 nitrogen and oxygen atoms in total. The van der Waals surface area contributed by atoms with Crippen molar-refractivity contribution in [2.75, 3.05) is 46.9 Å². The molecule has 164 valence electrons. The largest absolute Gasteiger partial charge is 0.497 e. The van der Waals surface area contributed by atoms with Crippen molar-refractivity contribution in [2.45, 2.75) is 6.42 Å². The van der Waals surface area contributed by atoms with E-state index in [1.807, 2.05) is 30.3 Å². The molecule has 0 aromatic heterocycles. The van der Waals surface area contributed by atoms with Gasteiger partial charge in [-0.3, -0.25) is 14.4 Å². The fourth-order valence-electron chi connectivity index (χ4n) is 3.40. The molecule has 31 heavy (non-hydrogen) atoms. The SMILES string of the molecule is COc1cc(OC)cc(C(=O)N2CCN(C(=O)CNC(=O)Cc3ccccc3)CC2)c1. The van der Waals surface area contributed by atoms with E-state index in [0.29, 0.717) is 43.2 Å². The number of carbonyl (C=O) groups excluding carboxylic acids is 3. The van der Waals surface area contributed by atoms with Crippen LogP contribution in [0.4, 0.5) is 0 Å². The summed E-state index contributed by atoms with van der Waals surface area (Å²) in [6.45, 7) is 1.62. The molecule has 1 N–H and O–H groups in total. The minimum Gasteiger partial charge on any atom is -0.497 e. The molecule has 0 radical (unpaired) electrons. The molecule has 3 rings (SSSR count). The monoisotopic (exact) mass is 425 g/mol. The molecular formula is C23H27N3O5. The molecule has 0 spiro atoms. The Hall–Kier alpha value is -3.55. The van der Waals surface area contributed by atoms with Crippen LogP contribution >= 0.6 is 0 Å². The van der Waals surface area contributed by atoms with Gasteiger partial charge in [0.2, 0.25) is 11.8 Å². The predicted molar refractivity (Wildman–Crippen MR) is 115 cm³/mol. The molecule has 0 aliphatic carbocycles. The Balaban J connectivity index is 1.48. The number of methoxy groups -OCH3 is 2. The molecule has 2 aromatic rings. The van der Waals surface area contributed by atoms with Crippen LogP contribution in [0.3, 0.4) is 0 Å². The third-order valence-electron chi connectivity index (χ3n) is 5.16. The molecule has 1 fully saturated rings. The van der Waals surface area contributed by atoms with Gasteiger partial charge in [0.15, 0.2) is 0 Å². The van der Waals surface area contributed by atoms with Gasteiger partial charge < -0.3 is 24.6 Å². The Morgan fingerprint density at radius 3 is 2.03 bits per heavy atom. The maximum atomic E-state index is 12.9. The number of nitrogens with zero attached hydrogens (tertiary/aromatic N) is 2. The van der Waals surface area contributed by atoms with Crippen molar-refractivity contribution < 1.29 is 23.9 Å². The van der Waals surface area contributed by atoms with Crippen LogP contribution in [0.25, 0.3) is 0 Å². The summed E-state index contributed by atoms with van der Waals surface area (Å²) in [6, 6.07) is 14.4. The number of nitrogens with one attached hydrogen (secondary N) is 1. The van der Waals surface area contributed by atoms with E-state index in [-0.39, 0.29) is 30.7 Å². The lowest BCUT2D eigenvalue weighted by atomic mass is 10.1. The smallest absolute Gasteiger partial charge is 0.254 e. The normalized spacial score (nSPS) is 13.5. The van der Waals surface area contributed by atoms with Crippen LogP contribution in [-0.2, 0) is 16.0 Å². The van der Waals surface area contributed by atoms with Crippen molar-refractivity contribution >= 4 is 17.7 Å². The van der Waals surface area contributed by atoms with Crippen molar-refractivity contribution in [3.05, 3.63) is 59.7 Å². The lowest BCUT2D eigenvalue weighted by molar-refractivity contribution is -0.133. The number of hydrogen-bond donors (Lipinski definition) is 1. The van der Waals surface area contributed by atoms with Gasteiger partial charge in [0.25, 0.3) is 5.91 Å². The van der Waals surface area contributed by atoms with Gasteiger partial charge in [0, 0.05) is 37.8 Å². The number of amides is 3. The molecule has 0 saturated carbocycles. The Labute approximate surface area is 181 Å².